The summed E-state index contributed by atoms with van der Waals surface area (Å²) in [6, 6.07) is 11.1. The van der Waals surface area contributed by atoms with Gasteiger partial charge in [-0.05, 0) is 76.3 Å². The van der Waals surface area contributed by atoms with Gasteiger partial charge in [0.25, 0.3) is 11.8 Å². The van der Waals surface area contributed by atoms with E-state index in [1.165, 1.54) is 12.1 Å². The third-order valence-electron chi connectivity index (χ3n) is 7.60. The van der Waals surface area contributed by atoms with Crippen LogP contribution in [0.4, 0.5) is 14.9 Å². The fourth-order valence-electron chi connectivity index (χ4n) is 5.31. The molecule has 43 heavy (non-hydrogen) atoms. The van der Waals surface area contributed by atoms with Crippen LogP contribution < -0.4 is 10.6 Å². The van der Waals surface area contributed by atoms with Crippen molar-refractivity contribution in [3.8, 4) is 0 Å². The van der Waals surface area contributed by atoms with Crippen LogP contribution in [-0.4, -0.2) is 76.0 Å². The Morgan fingerprint density at radius 1 is 1.09 bits per heavy atom. The van der Waals surface area contributed by atoms with Crippen LogP contribution in [0.2, 0.25) is 0 Å². The van der Waals surface area contributed by atoms with Gasteiger partial charge in [0.15, 0.2) is 0 Å². The van der Waals surface area contributed by atoms with Crippen molar-refractivity contribution in [2.75, 3.05) is 25.0 Å². The van der Waals surface area contributed by atoms with E-state index in [1.807, 2.05) is 25.7 Å². The van der Waals surface area contributed by atoms with Crippen molar-refractivity contribution in [2.45, 2.75) is 70.7 Å². The Hall–Kier alpha value is -4.25. The summed E-state index contributed by atoms with van der Waals surface area (Å²) in [6.07, 6.45) is 4.58. The molecule has 11 heteroatoms. The molecule has 0 radical (unpaired) electrons. The first-order valence-corrected chi connectivity index (χ1v) is 14.6. The number of piperidine rings is 1. The summed E-state index contributed by atoms with van der Waals surface area (Å²) >= 11 is 0. The molecule has 2 aromatic rings. The molecular formula is C32H38FN5O5. The zero-order valence-electron chi connectivity index (χ0n) is 24.7. The van der Waals surface area contributed by atoms with E-state index in [4.69, 9.17) is 4.74 Å². The topological polar surface area (TPSA) is 124 Å². The number of halogens is 1. The van der Waals surface area contributed by atoms with Gasteiger partial charge in [0.05, 0.1) is 24.3 Å². The highest BCUT2D eigenvalue weighted by molar-refractivity contribution is 6.06. The van der Waals surface area contributed by atoms with E-state index in [2.05, 4.69) is 15.6 Å². The highest BCUT2D eigenvalue weighted by Gasteiger charge is 2.40. The molecule has 0 bridgehead atoms. The van der Waals surface area contributed by atoms with E-state index in [0.29, 0.717) is 54.2 Å². The summed E-state index contributed by atoms with van der Waals surface area (Å²) < 4.78 is 20.5. The number of benzene rings is 2. The Bertz CT molecular complexity index is 1450. The van der Waals surface area contributed by atoms with E-state index in [1.54, 1.807) is 41.4 Å². The van der Waals surface area contributed by atoms with E-state index in [9.17, 15) is 23.9 Å². The zero-order chi connectivity index (χ0) is 30.7. The number of carbonyl (C=O) groups is 3. The van der Waals surface area contributed by atoms with E-state index in [-0.39, 0.29) is 42.8 Å². The molecule has 5 rings (SSSR count). The van der Waals surface area contributed by atoms with Crippen LogP contribution in [0, 0.1) is 5.82 Å². The fraction of sp³-hybridized carbons (Fsp3) is 0.438. The Morgan fingerprint density at radius 3 is 2.42 bits per heavy atom. The lowest BCUT2D eigenvalue weighted by atomic mass is 10.0. The lowest BCUT2D eigenvalue weighted by Crippen LogP contribution is -2.51. The number of carbonyl (C=O) groups excluding carboxylic acids is 3. The predicted octanol–water partition coefficient (Wildman–Crippen LogP) is 4.19. The van der Waals surface area contributed by atoms with Crippen molar-refractivity contribution in [1.82, 2.24) is 15.1 Å². The highest BCUT2D eigenvalue weighted by atomic mass is 19.1. The van der Waals surface area contributed by atoms with Crippen LogP contribution >= 0.6 is 0 Å². The van der Waals surface area contributed by atoms with Gasteiger partial charge in [-0.2, -0.15) is 0 Å². The van der Waals surface area contributed by atoms with Gasteiger partial charge in [0.1, 0.15) is 17.3 Å². The maximum Gasteiger partial charge on any atom is 0.410 e. The van der Waals surface area contributed by atoms with Crippen LogP contribution in [-0.2, 0) is 16.1 Å². The Kier molecular flexibility index (Phi) is 8.82. The number of ether oxygens (including phenoxy) is 1. The Balaban J connectivity index is 1.19. The summed E-state index contributed by atoms with van der Waals surface area (Å²) in [7, 11) is 0. The highest BCUT2D eigenvalue weighted by Crippen LogP contribution is 2.33. The quantitative estimate of drug-likeness (QED) is 0.444. The predicted molar refractivity (Wildman–Crippen MR) is 160 cm³/mol. The molecule has 0 spiro atoms. The molecule has 2 aliphatic heterocycles. The maximum atomic E-state index is 15.0. The molecule has 1 saturated carbocycles. The number of amidine groups is 1. The van der Waals surface area contributed by atoms with Crippen molar-refractivity contribution in [3.63, 3.8) is 0 Å². The lowest BCUT2D eigenvalue weighted by molar-refractivity contribution is -0.131. The van der Waals surface area contributed by atoms with Gasteiger partial charge in [0, 0.05) is 42.6 Å². The fourth-order valence-corrected chi connectivity index (χ4v) is 5.31. The van der Waals surface area contributed by atoms with Gasteiger partial charge in [-0.25, -0.2) is 9.18 Å². The second kappa shape index (κ2) is 12.5. The molecular weight excluding hydrogens is 553 g/mol. The molecule has 228 valence electrons. The number of nitrogens with one attached hydrogen (secondary N) is 2. The molecule has 2 heterocycles. The number of aliphatic imine (C=N–C) groups is 1. The number of aliphatic hydroxyl groups is 1. The third-order valence-corrected chi connectivity index (χ3v) is 7.60. The van der Waals surface area contributed by atoms with E-state index in [0.717, 1.165) is 12.8 Å². The van der Waals surface area contributed by atoms with Crippen molar-refractivity contribution in [2.24, 2.45) is 4.99 Å². The number of aliphatic hydroxyl groups excluding tert-OH is 1. The summed E-state index contributed by atoms with van der Waals surface area (Å²) in [6.45, 7) is 6.57. The number of likely N-dealkylation sites (tertiary alicyclic amines) is 1. The minimum absolute atomic E-state index is 0.0314. The van der Waals surface area contributed by atoms with Crippen LogP contribution in [0.3, 0.4) is 0 Å². The molecule has 0 unspecified atom stereocenters. The molecule has 0 atom stereocenters. The average Bonchev–Trinajstić information content (AvgIpc) is 3.82. The van der Waals surface area contributed by atoms with Gasteiger partial charge in [-0.15, -0.1) is 0 Å². The van der Waals surface area contributed by atoms with Gasteiger partial charge >= 0.3 is 6.09 Å². The first kappa shape index (κ1) is 30.2. The van der Waals surface area contributed by atoms with E-state index >= 15 is 0 Å². The first-order chi connectivity index (χ1) is 20.5. The van der Waals surface area contributed by atoms with Crippen molar-refractivity contribution in [3.05, 3.63) is 76.7 Å². The zero-order valence-corrected chi connectivity index (χ0v) is 24.7. The Labute approximate surface area is 250 Å². The molecule has 1 saturated heterocycles. The SMILES string of the molecule is CC(C)(C)OC(=O)N1CCC(N(C(=O)C2=CNC(c3ccc(C(=O)Nc4cccc(CO)c4)c(F)c3)=NC2)C2CC2)CC1. The largest absolute Gasteiger partial charge is 0.444 e. The standard InChI is InChI=1S/C32H38FN5O5/c1-32(2,3)43-31(42)37-13-11-25(12-14-37)38(24-8-9-24)30(41)22-17-34-28(35-18-22)21-7-10-26(27(33)16-21)29(40)36-23-6-4-5-20(15-23)19-39/h4-7,10,15-17,24-25,39H,8-9,11-14,18-19H2,1-3H3,(H,34,35)(H,36,40). The minimum atomic E-state index is -0.707. The summed E-state index contributed by atoms with van der Waals surface area (Å²) in [5.41, 5.74) is 1.37. The number of nitrogens with zero attached hydrogens (tertiary/aromatic N) is 3. The smallest absolute Gasteiger partial charge is 0.410 e. The number of hydrogen-bond acceptors (Lipinski definition) is 7. The molecule has 3 N–H and O–H groups in total. The third kappa shape index (κ3) is 7.40. The van der Waals surface area contributed by atoms with Crippen molar-refractivity contribution < 1.29 is 28.6 Å². The lowest BCUT2D eigenvalue weighted by Gasteiger charge is -2.39. The van der Waals surface area contributed by atoms with Crippen LogP contribution in [0.5, 0.6) is 0 Å². The summed E-state index contributed by atoms with van der Waals surface area (Å²) in [5, 5.41) is 15.0. The second-order valence-electron chi connectivity index (χ2n) is 12.1. The Morgan fingerprint density at radius 2 is 1.81 bits per heavy atom. The molecule has 1 aliphatic carbocycles. The number of amides is 3. The van der Waals surface area contributed by atoms with Gasteiger partial charge in [0.2, 0.25) is 0 Å². The molecule has 0 aromatic heterocycles. The first-order valence-electron chi connectivity index (χ1n) is 14.6. The average molecular weight is 592 g/mol. The van der Waals surface area contributed by atoms with E-state index < -0.39 is 17.3 Å². The van der Waals surface area contributed by atoms with Gasteiger partial charge in [-0.1, -0.05) is 18.2 Å². The molecule has 3 amide bonds. The number of hydrogen-bond donors (Lipinski definition) is 3. The molecule has 2 fully saturated rings. The van der Waals surface area contributed by atoms with Crippen LogP contribution in [0.15, 0.2) is 59.2 Å². The second-order valence-corrected chi connectivity index (χ2v) is 12.1. The summed E-state index contributed by atoms with van der Waals surface area (Å²) in [4.78, 5) is 46.9. The number of anilines is 1. The van der Waals surface area contributed by atoms with Crippen LogP contribution in [0.25, 0.3) is 0 Å². The van der Waals surface area contributed by atoms with Crippen molar-refractivity contribution >= 4 is 29.4 Å². The maximum absolute atomic E-state index is 15.0. The number of rotatable bonds is 7. The molecule has 2 aromatic carbocycles. The monoisotopic (exact) mass is 591 g/mol. The summed E-state index contributed by atoms with van der Waals surface area (Å²) in [5.74, 6) is -0.984. The molecule has 3 aliphatic rings. The van der Waals surface area contributed by atoms with Crippen molar-refractivity contribution in [1.29, 1.82) is 0 Å². The molecule has 10 nitrogen and oxygen atoms in total. The normalized spacial score (nSPS) is 17.4. The van der Waals surface area contributed by atoms with Gasteiger partial charge < -0.3 is 30.3 Å². The van der Waals surface area contributed by atoms with Gasteiger partial charge in [-0.3, -0.25) is 14.6 Å². The van der Waals surface area contributed by atoms with Crippen LogP contribution in [0.1, 0.15) is 67.9 Å². The minimum Gasteiger partial charge on any atom is -0.444 e.